The van der Waals surface area contributed by atoms with Crippen molar-refractivity contribution in [1.82, 2.24) is 80.9 Å². The van der Waals surface area contributed by atoms with Gasteiger partial charge in [-0.1, -0.05) is 42.5 Å². The number of piperazine rings is 1. The number of likely N-dealkylation sites (tertiary alicyclic amines) is 3. The van der Waals surface area contributed by atoms with Gasteiger partial charge in [0.1, 0.15) is 29.1 Å². The van der Waals surface area contributed by atoms with Crippen molar-refractivity contribution in [2.75, 3.05) is 59.5 Å². The molecule has 10 heterocycles. The van der Waals surface area contributed by atoms with Gasteiger partial charge in [-0.05, 0) is 292 Å². The zero-order valence-electron chi connectivity index (χ0n) is 66.9. The number of carbonyl (C=O) groups excluding carboxylic acids is 6. The van der Waals surface area contributed by atoms with E-state index in [2.05, 4.69) is 68.4 Å². The Bertz CT molecular complexity index is 5120. The molecule has 33 heteroatoms. The number of morpholine rings is 1. The number of hydrogen-bond donors (Lipinski definition) is 5. The third-order valence-electron chi connectivity index (χ3n) is 20.6. The minimum absolute atomic E-state index is 0.0217. The SMILES string of the molecule is CN1CCN(C(=S)NC(=O)c2ccc(F)cc2)C(c2cccnc2)C1.O=C(Cc1ccc(F)cc1)NC(=S)N1CCCCC1c1cccnc1.O=C(NC(=S)N1C(=O)CCCC1c1cccnc1)c1ccc(F)cc1.O=C(NC(=S)N1CCCCC1c1cccnc1)c1ccc(F)cc1.O=C(NC(=S)N1CCOCC1c1cccnc1)c1ccc(F)cc1. The van der Waals surface area contributed by atoms with Crippen LogP contribution >= 0.6 is 61.1 Å². The van der Waals surface area contributed by atoms with Crippen LogP contribution in [0, 0.1) is 29.1 Å². The highest BCUT2D eigenvalue weighted by atomic mass is 32.1. The molecule has 5 aromatic carbocycles. The van der Waals surface area contributed by atoms with Gasteiger partial charge in [0.25, 0.3) is 23.6 Å². The lowest BCUT2D eigenvalue weighted by Crippen LogP contribution is -2.53. The molecule has 5 saturated heterocycles. The van der Waals surface area contributed by atoms with E-state index >= 15 is 0 Å². The number of hydrogen-bond acceptors (Lipinski definition) is 18. The highest BCUT2D eigenvalue weighted by Crippen LogP contribution is 2.35. The lowest BCUT2D eigenvalue weighted by Gasteiger charge is -2.41. The van der Waals surface area contributed by atoms with Gasteiger partial charge in [-0.25, -0.2) is 22.0 Å². The molecule has 0 saturated carbocycles. The summed E-state index contributed by atoms with van der Waals surface area (Å²) in [4.78, 5) is 106. The molecule has 0 spiro atoms. The molecule has 15 rings (SSSR count). The Labute approximate surface area is 736 Å². The number of piperidine rings is 3. The number of halogens is 5. The van der Waals surface area contributed by atoms with Crippen LogP contribution in [0.3, 0.4) is 0 Å². The molecule has 5 N–H and O–H groups in total. The maximum absolute atomic E-state index is 13.0. The molecule has 5 unspecified atom stereocenters. The maximum Gasteiger partial charge on any atom is 0.257 e. The van der Waals surface area contributed by atoms with Crippen molar-refractivity contribution in [1.29, 1.82) is 0 Å². The summed E-state index contributed by atoms with van der Waals surface area (Å²) in [6, 6.07) is 46.4. The molecule has 5 aliphatic heterocycles. The van der Waals surface area contributed by atoms with Crippen LogP contribution in [-0.2, 0) is 20.7 Å². The van der Waals surface area contributed by atoms with Crippen molar-refractivity contribution in [3.8, 4) is 0 Å². The number of rotatable bonds is 11. The predicted octanol–water partition coefficient (Wildman–Crippen LogP) is 14.4. The molecule has 10 aromatic rings. The molecule has 0 bridgehead atoms. The number of pyridine rings is 5. The number of amides is 6. The number of carbonyl (C=O) groups is 6. The summed E-state index contributed by atoms with van der Waals surface area (Å²) in [5, 5.41) is 15.2. The average Bonchev–Trinajstić information content (AvgIpc) is 0.804. The quantitative estimate of drug-likeness (QED) is 0.0596. The molecular formula is C90H89F5N16O7S5. The van der Waals surface area contributed by atoms with Crippen LogP contribution in [0.1, 0.15) is 163 Å². The molecule has 5 fully saturated rings. The van der Waals surface area contributed by atoms with E-state index in [1.54, 1.807) is 61.6 Å². The number of thiocarbonyl (C=S) groups is 5. The van der Waals surface area contributed by atoms with Gasteiger partial charge in [-0.2, -0.15) is 0 Å². The summed E-state index contributed by atoms with van der Waals surface area (Å²) >= 11 is 27.1. The van der Waals surface area contributed by atoms with Crippen molar-refractivity contribution in [3.63, 3.8) is 0 Å². The third kappa shape index (κ3) is 26.9. The molecule has 6 amide bonds. The van der Waals surface area contributed by atoms with Crippen LogP contribution in [0.5, 0.6) is 0 Å². The molecule has 0 aliphatic carbocycles. The molecule has 5 aromatic heterocycles. The number of likely N-dealkylation sites (N-methyl/N-ethyl adjacent to an activating group) is 1. The monoisotopic (exact) mass is 1760 g/mol. The van der Waals surface area contributed by atoms with Gasteiger partial charge in [0.05, 0.1) is 49.8 Å². The van der Waals surface area contributed by atoms with E-state index in [1.165, 1.54) is 114 Å². The molecule has 5 aliphatic rings. The normalized spacial score (nSPS) is 17.4. The summed E-state index contributed by atoms with van der Waals surface area (Å²) in [5.74, 6) is -3.71. The summed E-state index contributed by atoms with van der Waals surface area (Å²) in [7, 11) is 2.06. The van der Waals surface area contributed by atoms with E-state index < -0.39 is 11.7 Å². The Hall–Kier alpha value is -12.1. The standard InChI is InChI=1S/C19H20FN3OS.C18H19FN4OS.C18H16FN3O2S.C18H18FN3OS.C17H16FN3O2S/c20-16-8-6-14(7-9-16)12-18(24)22-19(25)23-11-2-1-5-17(23)15-4-3-10-21-13-15;1-22-9-10-23(16(12-22)14-3-2-8-20-11-14)18(25)21-17(24)13-4-6-15(19)7-5-13;19-14-8-6-12(7-9-14)17(24)21-18(25)22-15(4-1-5-16(22)23)13-3-2-10-20-11-13;19-15-8-6-13(7-9-15)17(23)21-18(24)22-11-2-1-5-16(22)14-4-3-10-20-12-14;18-14-5-3-12(4-6-14)16(22)20-17(24)21-8-9-23-11-15(21)13-2-1-7-19-10-13/h3-4,6-10,13,17H,1-2,5,11-12H2,(H,22,24,25);2-8,11,16H,9-10,12H2,1H3,(H,21,24,25);2-3,6-11,15H,1,4-5H2,(H,21,24,25);3-4,6-10,12,16H,1-2,5,11H2,(H,21,23,24);1-7,10,15H,8-9,11H2,(H,20,22,24). The molecule has 0 radical (unpaired) electrons. The molecular weight excluding hydrogens is 1670 g/mol. The van der Waals surface area contributed by atoms with E-state index in [0.717, 1.165) is 111 Å². The Balaban J connectivity index is 0.000000150. The minimum Gasteiger partial charge on any atom is -0.377 e. The first-order valence-electron chi connectivity index (χ1n) is 39.7. The summed E-state index contributed by atoms with van der Waals surface area (Å²) in [6.07, 6.45) is 25.9. The van der Waals surface area contributed by atoms with Crippen molar-refractivity contribution in [3.05, 3.63) is 329 Å². The Morgan fingerprint density at radius 1 is 0.374 bits per heavy atom. The fourth-order valence-corrected chi connectivity index (χ4v) is 15.9. The first-order chi connectivity index (χ1) is 59.5. The van der Waals surface area contributed by atoms with Crippen molar-refractivity contribution in [2.24, 2.45) is 0 Å². The summed E-state index contributed by atoms with van der Waals surface area (Å²) < 4.78 is 70.4. The highest BCUT2D eigenvalue weighted by molar-refractivity contribution is 7.81. The fourth-order valence-electron chi connectivity index (χ4n) is 14.3. The van der Waals surface area contributed by atoms with Crippen LogP contribution in [0.4, 0.5) is 22.0 Å². The van der Waals surface area contributed by atoms with Crippen LogP contribution < -0.4 is 26.6 Å². The zero-order valence-corrected chi connectivity index (χ0v) is 71.0. The summed E-state index contributed by atoms with van der Waals surface area (Å²) in [5.41, 5.74) is 7.22. The zero-order chi connectivity index (χ0) is 87.2. The van der Waals surface area contributed by atoms with Crippen LogP contribution in [-0.4, -0.2) is 175 Å². The van der Waals surface area contributed by atoms with E-state index in [9.17, 15) is 50.7 Å². The second-order valence-corrected chi connectivity index (χ2v) is 30.9. The smallest absolute Gasteiger partial charge is 0.257 e. The molecule has 23 nitrogen and oxygen atoms in total. The molecule has 123 heavy (non-hydrogen) atoms. The van der Waals surface area contributed by atoms with Crippen molar-refractivity contribution < 1.29 is 55.5 Å². The first kappa shape index (κ1) is 91.6. The number of nitrogens with zero attached hydrogens (tertiary/aromatic N) is 11. The third-order valence-corrected chi connectivity index (χ3v) is 22.3. The van der Waals surface area contributed by atoms with Gasteiger partial charge >= 0.3 is 0 Å². The van der Waals surface area contributed by atoms with Crippen molar-refractivity contribution >= 4 is 122 Å². The predicted molar refractivity (Wildman–Crippen MR) is 475 cm³/mol. The lowest BCUT2D eigenvalue weighted by molar-refractivity contribution is -0.131. The van der Waals surface area contributed by atoms with Gasteiger partial charge in [0, 0.05) is 130 Å². The van der Waals surface area contributed by atoms with Gasteiger partial charge in [0.15, 0.2) is 25.6 Å². The Kier molecular flexibility index (Phi) is 34.4. The fraction of sp³-hybridized carbons (Fsp3) is 0.267. The summed E-state index contributed by atoms with van der Waals surface area (Å²) in [6.45, 7) is 5.53. The number of aromatic nitrogens is 5. The molecule has 636 valence electrons. The molecule has 5 atom stereocenters. The van der Waals surface area contributed by atoms with Crippen LogP contribution in [0.15, 0.2) is 244 Å². The Morgan fingerprint density at radius 2 is 0.699 bits per heavy atom. The lowest BCUT2D eigenvalue weighted by atomic mass is 9.96. The van der Waals surface area contributed by atoms with E-state index in [0.29, 0.717) is 69.9 Å². The van der Waals surface area contributed by atoms with Crippen LogP contribution in [0.2, 0.25) is 0 Å². The van der Waals surface area contributed by atoms with E-state index in [4.69, 9.17) is 65.8 Å². The minimum atomic E-state index is -0.478. The van der Waals surface area contributed by atoms with E-state index in [-0.39, 0.29) is 100 Å². The number of nitrogens with one attached hydrogen (secondary N) is 5. The second kappa shape index (κ2) is 46.2. The van der Waals surface area contributed by atoms with Gasteiger partial charge in [0.2, 0.25) is 11.8 Å². The Morgan fingerprint density at radius 3 is 1.08 bits per heavy atom. The second-order valence-electron chi connectivity index (χ2n) is 29.0. The maximum atomic E-state index is 13.0. The largest absolute Gasteiger partial charge is 0.377 e. The van der Waals surface area contributed by atoms with Gasteiger partial charge in [-0.3, -0.25) is 79.9 Å². The number of benzene rings is 5. The van der Waals surface area contributed by atoms with Gasteiger partial charge in [-0.15, -0.1) is 0 Å². The average molecular weight is 1760 g/mol. The van der Waals surface area contributed by atoms with E-state index in [1.807, 2.05) is 87.9 Å². The topological polar surface area (TPSA) is 256 Å². The van der Waals surface area contributed by atoms with Crippen molar-refractivity contribution in [2.45, 2.75) is 94.4 Å². The van der Waals surface area contributed by atoms with Crippen LogP contribution in [0.25, 0.3) is 0 Å². The van der Waals surface area contributed by atoms with Gasteiger partial charge < -0.3 is 34.6 Å². The highest BCUT2D eigenvalue weighted by Gasteiger charge is 2.35. The first-order valence-corrected chi connectivity index (χ1v) is 41.7. The number of ether oxygens (including phenoxy) is 1.